The van der Waals surface area contributed by atoms with Gasteiger partial charge in [-0.15, -0.1) is 0 Å². The number of aromatic nitrogens is 2. The molecule has 0 bridgehead atoms. The summed E-state index contributed by atoms with van der Waals surface area (Å²) in [7, 11) is 1.51. The first-order valence-corrected chi connectivity index (χ1v) is 4.83. The molecule has 0 spiro atoms. The van der Waals surface area contributed by atoms with Crippen molar-refractivity contribution in [2.45, 2.75) is 12.6 Å². The molecule has 0 aliphatic carbocycles. The van der Waals surface area contributed by atoms with Gasteiger partial charge in [-0.3, -0.25) is 0 Å². The van der Waals surface area contributed by atoms with E-state index in [0.29, 0.717) is 11.0 Å². The first-order valence-electron chi connectivity index (χ1n) is 4.83. The second-order valence-corrected chi connectivity index (χ2v) is 3.66. The van der Waals surface area contributed by atoms with Crippen LogP contribution in [0.15, 0.2) is 18.2 Å². The monoisotopic (exact) mass is 239 g/mol. The normalized spacial score (nSPS) is 11.7. The van der Waals surface area contributed by atoms with Gasteiger partial charge >= 0.3 is 6.18 Å². The summed E-state index contributed by atoms with van der Waals surface area (Å²) in [5.41, 5.74) is 1.13. The van der Waals surface area contributed by atoms with Gasteiger partial charge in [-0.05, 0) is 12.1 Å². The summed E-state index contributed by atoms with van der Waals surface area (Å²) in [6, 6.07) is 6.72. The largest absolute Gasteiger partial charge is 0.396 e. The molecule has 3 nitrogen and oxygen atoms in total. The molecule has 0 aliphatic rings. The second kappa shape index (κ2) is 3.77. The topological polar surface area (TPSA) is 41.6 Å². The van der Waals surface area contributed by atoms with Crippen LogP contribution in [0.3, 0.4) is 0 Å². The van der Waals surface area contributed by atoms with E-state index in [2.05, 4.69) is 4.98 Å². The Morgan fingerprint density at radius 2 is 2.12 bits per heavy atom. The van der Waals surface area contributed by atoms with Gasteiger partial charge in [0.1, 0.15) is 23.8 Å². The Hall–Kier alpha value is -2.03. The van der Waals surface area contributed by atoms with Crippen molar-refractivity contribution in [3.63, 3.8) is 0 Å². The number of imidazole rings is 1. The van der Waals surface area contributed by atoms with E-state index in [1.165, 1.54) is 17.7 Å². The van der Waals surface area contributed by atoms with E-state index in [4.69, 9.17) is 5.26 Å². The zero-order valence-corrected chi connectivity index (χ0v) is 8.91. The van der Waals surface area contributed by atoms with Gasteiger partial charge < -0.3 is 4.57 Å². The van der Waals surface area contributed by atoms with Crippen molar-refractivity contribution in [1.82, 2.24) is 9.55 Å². The molecule has 6 heteroatoms. The zero-order valence-electron chi connectivity index (χ0n) is 8.91. The van der Waals surface area contributed by atoms with Crippen molar-refractivity contribution in [1.29, 1.82) is 5.26 Å². The Labute approximate surface area is 95.1 Å². The van der Waals surface area contributed by atoms with E-state index < -0.39 is 12.6 Å². The first-order chi connectivity index (χ1) is 7.92. The number of rotatable bonds is 1. The third-order valence-corrected chi connectivity index (χ3v) is 2.48. The molecule has 0 fully saturated rings. The number of halogens is 3. The average molecular weight is 239 g/mol. The van der Waals surface area contributed by atoms with E-state index >= 15 is 0 Å². The van der Waals surface area contributed by atoms with Crippen molar-refractivity contribution in [2.75, 3.05) is 0 Å². The number of nitrogens with zero attached hydrogens (tertiary/aromatic N) is 3. The van der Waals surface area contributed by atoms with Crippen LogP contribution in [-0.4, -0.2) is 15.7 Å². The number of alkyl halides is 3. The van der Waals surface area contributed by atoms with Crippen LogP contribution < -0.4 is 0 Å². The fourth-order valence-corrected chi connectivity index (χ4v) is 1.69. The molecule has 0 radical (unpaired) electrons. The molecular weight excluding hydrogens is 231 g/mol. The molecule has 1 aromatic heterocycles. The Bertz CT molecular complexity index is 605. The molecular formula is C11H8F3N3. The van der Waals surface area contributed by atoms with Crippen molar-refractivity contribution in [2.24, 2.45) is 7.05 Å². The lowest BCUT2D eigenvalue weighted by molar-refractivity contribution is -0.128. The maximum atomic E-state index is 12.3. The van der Waals surface area contributed by atoms with Crippen LogP contribution in [0.4, 0.5) is 13.2 Å². The molecule has 0 amide bonds. The van der Waals surface area contributed by atoms with E-state index in [1.54, 1.807) is 12.1 Å². The van der Waals surface area contributed by atoms with E-state index in [9.17, 15) is 13.2 Å². The van der Waals surface area contributed by atoms with Crippen molar-refractivity contribution >= 4 is 11.0 Å². The van der Waals surface area contributed by atoms with Gasteiger partial charge in [-0.25, -0.2) is 4.98 Å². The molecule has 88 valence electrons. The fourth-order valence-electron chi connectivity index (χ4n) is 1.69. The minimum atomic E-state index is -4.30. The molecule has 0 atom stereocenters. The molecule has 0 N–H and O–H groups in total. The van der Waals surface area contributed by atoms with Crippen LogP contribution in [0.2, 0.25) is 0 Å². The third-order valence-electron chi connectivity index (χ3n) is 2.48. The van der Waals surface area contributed by atoms with Crippen LogP contribution in [0.5, 0.6) is 0 Å². The second-order valence-electron chi connectivity index (χ2n) is 3.66. The Kier molecular flexibility index (Phi) is 2.54. The summed E-state index contributed by atoms with van der Waals surface area (Å²) in [4.78, 5) is 3.89. The standard InChI is InChI=1S/C11H8F3N3/c1-17-8-4-2-3-7(6-15)10(8)16-9(17)5-11(12,13)14/h2-4H,5H2,1H3. The molecule has 0 unspecified atom stereocenters. The summed E-state index contributed by atoms with van der Waals surface area (Å²) in [6.45, 7) is 0. The molecule has 2 aromatic rings. The van der Waals surface area contributed by atoms with Crippen LogP contribution in [0.25, 0.3) is 11.0 Å². The fraction of sp³-hybridized carbons (Fsp3) is 0.273. The number of nitriles is 1. The van der Waals surface area contributed by atoms with Gasteiger partial charge in [0, 0.05) is 7.05 Å². The van der Waals surface area contributed by atoms with E-state index in [1.807, 2.05) is 6.07 Å². The number of para-hydroxylation sites is 1. The highest BCUT2D eigenvalue weighted by atomic mass is 19.4. The summed E-state index contributed by atoms with van der Waals surface area (Å²) < 4.78 is 38.3. The van der Waals surface area contributed by atoms with Crippen molar-refractivity contribution in [3.8, 4) is 6.07 Å². The van der Waals surface area contributed by atoms with Gasteiger partial charge in [0.2, 0.25) is 0 Å². The quantitative estimate of drug-likeness (QED) is 0.767. The summed E-state index contributed by atoms with van der Waals surface area (Å²) >= 11 is 0. The molecule has 17 heavy (non-hydrogen) atoms. The number of hydrogen-bond donors (Lipinski definition) is 0. The predicted octanol–water partition coefficient (Wildman–Crippen LogP) is 2.55. The van der Waals surface area contributed by atoms with E-state index in [0.717, 1.165) is 0 Å². The lowest BCUT2D eigenvalue weighted by Gasteiger charge is -2.05. The van der Waals surface area contributed by atoms with Crippen LogP contribution in [0.1, 0.15) is 11.4 Å². The highest BCUT2D eigenvalue weighted by Crippen LogP contribution is 2.24. The average Bonchev–Trinajstić information content (AvgIpc) is 2.54. The van der Waals surface area contributed by atoms with Crippen molar-refractivity contribution < 1.29 is 13.2 Å². The maximum Gasteiger partial charge on any atom is 0.396 e. The van der Waals surface area contributed by atoms with Crippen LogP contribution in [0, 0.1) is 11.3 Å². The Balaban J connectivity index is 2.61. The summed E-state index contributed by atoms with van der Waals surface area (Å²) in [5.74, 6) is -0.0878. The predicted molar refractivity (Wildman–Crippen MR) is 55.2 cm³/mol. The van der Waals surface area contributed by atoms with Gasteiger partial charge in [-0.2, -0.15) is 18.4 Å². The van der Waals surface area contributed by atoms with Gasteiger partial charge in [0.15, 0.2) is 0 Å². The molecule has 0 aliphatic heterocycles. The summed E-state index contributed by atoms with van der Waals surface area (Å²) in [5, 5.41) is 8.85. The third kappa shape index (κ3) is 2.09. The first kappa shape index (κ1) is 11.5. The van der Waals surface area contributed by atoms with Crippen LogP contribution >= 0.6 is 0 Å². The molecule has 2 rings (SSSR count). The van der Waals surface area contributed by atoms with E-state index in [-0.39, 0.29) is 11.4 Å². The van der Waals surface area contributed by atoms with Gasteiger partial charge in [-0.1, -0.05) is 6.07 Å². The SMILES string of the molecule is Cn1c(CC(F)(F)F)nc2c(C#N)cccc21. The lowest BCUT2D eigenvalue weighted by atomic mass is 10.2. The van der Waals surface area contributed by atoms with Crippen LogP contribution in [-0.2, 0) is 13.5 Å². The molecule has 1 heterocycles. The number of benzene rings is 1. The highest BCUT2D eigenvalue weighted by Gasteiger charge is 2.30. The van der Waals surface area contributed by atoms with Crippen molar-refractivity contribution in [3.05, 3.63) is 29.6 Å². The maximum absolute atomic E-state index is 12.3. The van der Waals surface area contributed by atoms with Gasteiger partial charge in [0.25, 0.3) is 0 Å². The number of aryl methyl sites for hydroxylation is 1. The number of fused-ring (bicyclic) bond motifs is 1. The van der Waals surface area contributed by atoms with Gasteiger partial charge in [0.05, 0.1) is 11.1 Å². The molecule has 0 saturated heterocycles. The smallest absolute Gasteiger partial charge is 0.331 e. The Morgan fingerprint density at radius 3 is 2.71 bits per heavy atom. The minimum absolute atomic E-state index is 0.0878. The number of hydrogen-bond acceptors (Lipinski definition) is 2. The molecule has 0 saturated carbocycles. The minimum Gasteiger partial charge on any atom is -0.331 e. The lowest BCUT2D eigenvalue weighted by Crippen LogP contribution is -2.15. The summed E-state index contributed by atoms with van der Waals surface area (Å²) in [6.07, 6.45) is -5.40. The zero-order chi connectivity index (χ0) is 12.6. The molecule has 1 aromatic carbocycles. The Morgan fingerprint density at radius 1 is 1.41 bits per heavy atom. The highest BCUT2D eigenvalue weighted by molar-refractivity contribution is 5.82.